The van der Waals surface area contributed by atoms with Crippen LogP contribution in [0, 0.1) is 12.3 Å². The zero-order valence-electron chi connectivity index (χ0n) is 28.6. The predicted octanol–water partition coefficient (Wildman–Crippen LogP) is 9.72. The molecule has 252 valence electrons. The highest BCUT2D eigenvalue weighted by atomic mass is 19.4. The summed E-state index contributed by atoms with van der Waals surface area (Å²) in [6.45, 7) is 17.3. The lowest BCUT2D eigenvalue weighted by molar-refractivity contribution is -0.137. The van der Waals surface area contributed by atoms with Crippen molar-refractivity contribution in [2.24, 2.45) is 5.41 Å². The number of amides is 2. The average Bonchev–Trinajstić information content (AvgIpc) is 3.19. The fraction of sp³-hybridized carbons (Fsp3) is 0.556. The first kappa shape index (κ1) is 35.2. The van der Waals surface area contributed by atoms with Crippen molar-refractivity contribution in [3.05, 3.63) is 64.2 Å². The van der Waals surface area contributed by atoms with E-state index in [0.717, 1.165) is 35.3 Å². The van der Waals surface area contributed by atoms with Crippen LogP contribution < -0.4 is 9.64 Å². The topological polar surface area (TPSA) is 68.3 Å². The van der Waals surface area contributed by atoms with Crippen molar-refractivity contribution in [1.82, 2.24) is 4.90 Å². The molecule has 1 saturated heterocycles. The van der Waals surface area contributed by atoms with E-state index in [2.05, 4.69) is 13.8 Å². The molecule has 0 unspecified atom stereocenters. The standard InChI is InChI=1S/C36H47F3N2O5/c1-21(2)41(33(43)46-34(5,6)7)27-11-12-30(44-10)29(18-27)28-13-14-35(8,9)19-25(28)20-40-23(4)31(45-32(40)42)24-15-22(3)16-26(17-24)36(37,38)39/h11-12,15-18,21,23,31H,13-14,19-20H2,1-10H3/t23-,31-/m0/s1. The molecule has 1 aliphatic heterocycles. The number of nitrogens with zero attached hydrogens (tertiary/aromatic N) is 2. The molecule has 2 aromatic rings. The maximum atomic E-state index is 13.6. The Morgan fingerprint density at radius 3 is 2.39 bits per heavy atom. The molecule has 2 amide bonds. The third-order valence-electron chi connectivity index (χ3n) is 8.57. The van der Waals surface area contributed by atoms with E-state index >= 15 is 0 Å². The molecule has 0 radical (unpaired) electrons. The number of alkyl halides is 3. The molecule has 7 nitrogen and oxygen atoms in total. The number of anilines is 1. The summed E-state index contributed by atoms with van der Waals surface area (Å²) in [5.74, 6) is 0.637. The highest BCUT2D eigenvalue weighted by Gasteiger charge is 2.42. The molecule has 2 aliphatic rings. The molecule has 1 fully saturated rings. The van der Waals surface area contributed by atoms with Crippen LogP contribution in [0.25, 0.3) is 5.57 Å². The van der Waals surface area contributed by atoms with Gasteiger partial charge in [0.05, 0.1) is 18.7 Å². The Labute approximate surface area is 270 Å². The lowest BCUT2D eigenvalue weighted by atomic mass is 9.72. The number of carbonyl (C=O) groups is 2. The van der Waals surface area contributed by atoms with Gasteiger partial charge in [0.25, 0.3) is 0 Å². The average molecular weight is 645 g/mol. The highest BCUT2D eigenvalue weighted by Crippen LogP contribution is 2.47. The van der Waals surface area contributed by atoms with Crippen molar-refractivity contribution >= 4 is 23.4 Å². The molecular weight excluding hydrogens is 597 g/mol. The third-order valence-corrected chi connectivity index (χ3v) is 8.57. The van der Waals surface area contributed by atoms with E-state index in [9.17, 15) is 22.8 Å². The molecule has 0 bridgehead atoms. The summed E-state index contributed by atoms with van der Waals surface area (Å²) >= 11 is 0. The molecule has 0 saturated carbocycles. The Bertz CT molecular complexity index is 1510. The number of rotatable bonds is 7. The molecule has 2 atom stereocenters. The SMILES string of the molecule is COc1ccc(N(C(=O)OC(C)(C)C)C(C)C)cc1C1=C(CN2C(=O)O[C@H](c3cc(C)cc(C(F)(F)F)c3)[C@@H]2C)CC(C)(C)CC1. The minimum Gasteiger partial charge on any atom is -0.496 e. The van der Waals surface area contributed by atoms with Gasteiger partial charge in [-0.15, -0.1) is 0 Å². The Balaban J connectivity index is 1.75. The van der Waals surface area contributed by atoms with Crippen LogP contribution in [-0.2, 0) is 15.7 Å². The molecule has 0 spiro atoms. The van der Waals surface area contributed by atoms with E-state index in [0.29, 0.717) is 35.4 Å². The van der Waals surface area contributed by atoms with Gasteiger partial charge in [-0.25, -0.2) is 9.59 Å². The number of benzene rings is 2. The number of carbonyl (C=O) groups excluding carboxylic acids is 2. The zero-order chi connectivity index (χ0) is 34.4. The van der Waals surface area contributed by atoms with Gasteiger partial charge in [-0.2, -0.15) is 13.2 Å². The lowest BCUT2D eigenvalue weighted by Gasteiger charge is -2.36. The highest BCUT2D eigenvalue weighted by molar-refractivity contribution is 5.90. The Morgan fingerprint density at radius 1 is 1.13 bits per heavy atom. The number of aryl methyl sites for hydroxylation is 1. The minimum absolute atomic E-state index is 0.0470. The second-order valence-electron chi connectivity index (χ2n) is 14.6. The molecule has 2 aromatic carbocycles. The van der Waals surface area contributed by atoms with Gasteiger partial charge in [-0.05, 0) is 120 Å². The van der Waals surface area contributed by atoms with Crippen molar-refractivity contribution < 1.29 is 37.0 Å². The van der Waals surface area contributed by atoms with Crippen molar-refractivity contribution in [3.63, 3.8) is 0 Å². The van der Waals surface area contributed by atoms with Crippen LogP contribution in [0.5, 0.6) is 5.75 Å². The van der Waals surface area contributed by atoms with Gasteiger partial charge in [0, 0.05) is 23.8 Å². The van der Waals surface area contributed by atoms with Gasteiger partial charge in [0.1, 0.15) is 17.5 Å². The summed E-state index contributed by atoms with van der Waals surface area (Å²) in [7, 11) is 1.60. The van der Waals surface area contributed by atoms with Crippen LogP contribution in [0.15, 0.2) is 42.0 Å². The zero-order valence-corrected chi connectivity index (χ0v) is 28.6. The second kappa shape index (κ2) is 12.8. The number of cyclic esters (lactones) is 1. The molecule has 10 heteroatoms. The maximum Gasteiger partial charge on any atom is 0.416 e. The number of hydrogen-bond donors (Lipinski definition) is 0. The Hall–Kier alpha value is -3.69. The van der Waals surface area contributed by atoms with Gasteiger partial charge < -0.3 is 14.2 Å². The van der Waals surface area contributed by atoms with Crippen molar-refractivity contribution in [1.29, 1.82) is 0 Å². The van der Waals surface area contributed by atoms with E-state index in [4.69, 9.17) is 14.2 Å². The smallest absolute Gasteiger partial charge is 0.416 e. The van der Waals surface area contributed by atoms with Crippen LogP contribution in [0.4, 0.5) is 28.4 Å². The second-order valence-corrected chi connectivity index (χ2v) is 14.6. The van der Waals surface area contributed by atoms with Crippen molar-refractivity contribution in [3.8, 4) is 5.75 Å². The third kappa shape index (κ3) is 7.81. The summed E-state index contributed by atoms with van der Waals surface area (Å²) in [5.41, 5.74) is 2.80. The van der Waals surface area contributed by atoms with Crippen LogP contribution >= 0.6 is 0 Å². The van der Waals surface area contributed by atoms with Crippen LogP contribution in [0.3, 0.4) is 0 Å². The van der Waals surface area contributed by atoms with Gasteiger partial charge in [0.15, 0.2) is 0 Å². The summed E-state index contributed by atoms with van der Waals surface area (Å²) < 4.78 is 58.1. The quantitative estimate of drug-likeness (QED) is 0.300. The van der Waals surface area contributed by atoms with Gasteiger partial charge in [0.2, 0.25) is 0 Å². The van der Waals surface area contributed by atoms with Crippen LogP contribution in [-0.4, -0.2) is 48.4 Å². The molecular formula is C36H47F3N2O5. The Kier molecular flexibility index (Phi) is 9.82. The van der Waals surface area contributed by atoms with E-state index in [1.165, 1.54) is 0 Å². The van der Waals surface area contributed by atoms with Crippen LogP contribution in [0.1, 0.15) is 103 Å². The van der Waals surface area contributed by atoms with E-state index in [-0.39, 0.29) is 18.0 Å². The molecule has 0 aromatic heterocycles. The minimum atomic E-state index is -4.51. The largest absolute Gasteiger partial charge is 0.496 e. The van der Waals surface area contributed by atoms with Gasteiger partial charge in [-0.3, -0.25) is 9.80 Å². The van der Waals surface area contributed by atoms with E-state index < -0.39 is 41.7 Å². The summed E-state index contributed by atoms with van der Waals surface area (Å²) in [6, 6.07) is 8.72. The number of hydrogen-bond acceptors (Lipinski definition) is 5. The molecule has 1 aliphatic carbocycles. The van der Waals surface area contributed by atoms with E-state index in [1.54, 1.807) is 29.9 Å². The summed E-state index contributed by atoms with van der Waals surface area (Å²) in [4.78, 5) is 29.8. The lowest BCUT2D eigenvalue weighted by Crippen LogP contribution is -2.41. The number of halogens is 3. The first-order chi connectivity index (χ1) is 21.2. The molecule has 0 N–H and O–H groups in total. The van der Waals surface area contributed by atoms with Gasteiger partial charge in [-0.1, -0.05) is 25.5 Å². The first-order valence-electron chi connectivity index (χ1n) is 15.8. The van der Waals surface area contributed by atoms with Crippen LogP contribution in [0.2, 0.25) is 0 Å². The normalized spacial score (nSPS) is 20.2. The fourth-order valence-electron chi connectivity index (χ4n) is 6.40. The number of allylic oxidation sites excluding steroid dienone is 1. The number of ether oxygens (including phenoxy) is 3. The summed E-state index contributed by atoms with van der Waals surface area (Å²) in [5, 5.41) is 0. The fourth-order valence-corrected chi connectivity index (χ4v) is 6.40. The number of methoxy groups -OCH3 is 1. The monoisotopic (exact) mass is 644 g/mol. The predicted molar refractivity (Wildman–Crippen MR) is 173 cm³/mol. The Morgan fingerprint density at radius 2 is 1.80 bits per heavy atom. The van der Waals surface area contributed by atoms with Gasteiger partial charge >= 0.3 is 18.4 Å². The summed E-state index contributed by atoms with van der Waals surface area (Å²) in [6.07, 6.45) is -4.08. The van der Waals surface area contributed by atoms with Crippen molar-refractivity contribution in [2.45, 2.75) is 112 Å². The first-order valence-corrected chi connectivity index (χ1v) is 15.8. The molecule has 46 heavy (non-hydrogen) atoms. The van der Waals surface area contributed by atoms with Crippen molar-refractivity contribution in [2.75, 3.05) is 18.6 Å². The molecule has 1 heterocycles. The molecule has 4 rings (SSSR count). The maximum absolute atomic E-state index is 13.6. The van der Waals surface area contributed by atoms with E-state index in [1.807, 2.05) is 59.7 Å².